The second-order valence-corrected chi connectivity index (χ2v) is 8.61. The van der Waals surface area contributed by atoms with E-state index in [2.05, 4.69) is 24.4 Å². The fourth-order valence-corrected chi connectivity index (χ4v) is 3.88. The van der Waals surface area contributed by atoms with Crippen molar-refractivity contribution in [1.82, 2.24) is 0 Å². The van der Waals surface area contributed by atoms with Crippen LogP contribution in [0.3, 0.4) is 0 Å². The van der Waals surface area contributed by atoms with Gasteiger partial charge in [0.1, 0.15) is 12.1 Å². The van der Waals surface area contributed by atoms with Crippen molar-refractivity contribution in [3.63, 3.8) is 0 Å². The number of anilines is 1. The van der Waals surface area contributed by atoms with E-state index in [1.165, 1.54) is 11.6 Å². The Labute approximate surface area is 197 Å². The van der Waals surface area contributed by atoms with Gasteiger partial charge in [0, 0.05) is 17.3 Å². The van der Waals surface area contributed by atoms with Crippen LogP contribution >= 0.6 is 0 Å². The van der Waals surface area contributed by atoms with Crippen molar-refractivity contribution < 1.29 is 32.4 Å². The summed E-state index contributed by atoms with van der Waals surface area (Å²) in [7, 11) is 0. The number of aliphatic hydroxyl groups excluding tert-OH is 1. The number of ketones is 1. The van der Waals surface area contributed by atoms with Crippen LogP contribution in [0.5, 0.6) is 0 Å². The summed E-state index contributed by atoms with van der Waals surface area (Å²) in [5, 5.41) is 15.6. The van der Waals surface area contributed by atoms with Gasteiger partial charge >= 0.3 is 0 Å². The molecule has 2 aromatic carbocycles. The third-order valence-corrected chi connectivity index (χ3v) is 5.31. The highest BCUT2D eigenvalue weighted by Gasteiger charge is 2.23. The first-order chi connectivity index (χ1) is 14.6. The largest absolute Gasteiger partial charge is 1.00 e. The molecule has 0 aromatic heterocycles. The number of aliphatic hydroxyl groups is 1. The van der Waals surface area contributed by atoms with E-state index in [-0.39, 0.29) is 30.1 Å². The van der Waals surface area contributed by atoms with Crippen LogP contribution in [0.15, 0.2) is 48.0 Å². The maximum absolute atomic E-state index is 12.6. The zero-order chi connectivity index (χ0) is 23.1. The molecule has 0 fully saturated rings. The van der Waals surface area contributed by atoms with E-state index in [4.69, 9.17) is 0 Å². The molecular formula is C26H35ClN2O3. The van der Waals surface area contributed by atoms with Gasteiger partial charge in [0.2, 0.25) is 5.91 Å². The Morgan fingerprint density at radius 1 is 1.09 bits per heavy atom. The van der Waals surface area contributed by atoms with Crippen molar-refractivity contribution in [2.24, 2.45) is 0 Å². The number of Topliss-reactive ketones (excluding diaryl/α,β-unsaturated/α-hetero) is 1. The lowest BCUT2D eigenvalue weighted by Gasteiger charge is -2.22. The number of aryl methyl sites for hydroxylation is 3. The van der Waals surface area contributed by atoms with Gasteiger partial charge in [0.15, 0.2) is 5.78 Å². The second kappa shape index (κ2) is 12.5. The molecule has 0 saturated carbocycles. The summed E-state index contributed by atoms with van der Waals surface area (Å²) < 4.78 is 0. The standard InChI is InChI=1S/C26H34N2O3.ClH/c1-16(2)12-24(30)28-22-9-7-8-21(15-22)23(29)10-11-27-20(6)26(31)25-18(4)13-17(3)14-19(25)5;/h7-9,12-15,20,26-27,31H,10-11H2,1-6H3,(H,28,30);1H. The minimum absolute atomic E-state index is 0. The van der Waals surface area contributed by atoms with Crippen molar-refractivity contribution >= 4 is 17.4 Å². The number of nitrogens with one attached hydrogen (secondary N) is 1. The van der Waals surface area contributed by atoms with Gasteiger partial charge < -0.3 is 28.1 Å². The maximum Gasteiger partial charge on any atom is 0.248 e. The molecule has 5 nitrogen and oxygen atoms in total. The first kappa shape index (κ1) is 27.6. The molecule has 0 aliphatic rings. The van der Waals surface area contributed by atoms with Crippen molar-refractivity contribution in [3.05, 3.63) is 75.9 Å². The van der Waals surface area contributed by atoms with E-state index < -0.39 is 6.10 Å². The predicted molar refractivity (Wildman–Crippen MR) is 125 cm³/mol. The van der Waals surface area contributed by atoms with Gasteiger partial charge in [-0.05, 0) is 70.4 Å². The van der Waals surface area contributed by atoms with Crippen LogP contribution in [0.25, 0.3) is 0 Å². The number of benzene rings is 2. The third kappa shape index (κ3) is 7.90. The van der Waals surface area contributed by atoms with Crippen molar-refractivity contribution in [1.29, 1.82) is 0 Å². The van der Waals surface area contributed by atoms with Crippen LogP contribution in [0, 0.1) is 20.8 Å². The first-order valence-corrected chi connectivity index (χ1v) is 10.8. The molecule has 0 aliphatic heterocycles. The first-order valence-electron chi connectivity index (χ1n) is 10.8. The molecule has 1 amide bonds. The lowest BCUT2D eigenvalue weighted by molar-refractivity contribution is -0.693. The summed E-state index contributed by atoms with van der Waals surface area (Å²) in [4.78, 5) is 24.5. The van der Waals surface area contributed by atoms with Crippen LogP contribution in [-0.2, 0) is 4.79 Å². The number of allylic oxidation sites excluding steroid dienone is 1. The number of halogens is 1. The lowest BCUT2D eigenvalue weighted by atomic mass is 9.92. The van der Waals surface area contributed by atoms with Crippen molar-refractivity contribution in [2.75, 3.05) is 11.9 Å². The molecule has 0 radical (unpaired) electrons. The van der Waals surface area contributed by atoms with Gasteiger partial charge in [-0.3, -0.25) is 9.59 Å². The molecule has 2 atom stereocenters. The average Bonchev–Trinajstić information content (AvgIpc) is 2.66. The molecule has 0 heterocycles. The molecular weight excluding hydrogens is 424 g/mol. The Morgan fingerprint density at radius 2 is 1.72 bits per heavy atom. The zero-order valence-electron chi connectivity index (χ0n) is 19.8. The Balaban J connectivity index is 0.00000512. The Kier molecular flexibility index (Phi) is 10.8. The predicted octanol–water partition coefficient (Wildman–Crippen LogP) is 0.779. The minimum atomic E-state index is -0.593. The van der Waals surface area contributed by atoms with E-state index in [0.29, 0.717) is 24.2 Å². The SMILES string of the molecule is CC(C)=CC(=O)Nc1cccc(C(=O)CC[NH2+]C(C)C(O)c2c(C)cc(C)cc2C)c1.[Cl-]. The highest BCUT2D eigenvalue weighted by Crippen LogP contribution is 2.24. The van der Waals surface area contributed by atoms with Crippen LogP contribution < -0.4 is 23.0 Å². The molecule has 0 aliphatic carbocycles. The molecule has 2 aromatic rings. The van der Waals surface area contributed by atoms with Crippen LogP contribution in [0.4, 0.5) is 5.69 Å². The number of amides is 1. The van der Waals surface area contributed by atoms with E-state index in [9.17, 15) is 14.7 Å². The highest BCUT2D eigenvalue weighted by atomic mass is 35.5. The topological polar surface area (TPSA) is 83.0 Å². The molecule has 174 valence electrons. The Hall–Kier alpha value is -2.47. The summed E-state index contributed by atoms with van der Waals surface area (Å²) in [6, 6.07) is 11.1. The smallest absolute Gasteiger partial charge is 0.248 e. The molecule has 0 saturated heterocycles. The Bertz CT molecular complexity index is 958. The maximum atomic E-state index is 12.6. The van der Waals surface area contributed by atoms with Crippen molar-refractivity contribution in [2.45, 2.75) is 60.1 Å². The van der Waals surface area contributed by atoms with E-state index in [1.807, 2.05) is 39.9 Å². The minimum Gasteiger partial charge on any atom is -1.00 e. The monoisotopic (exact) mass is 458 g/mol. The third-order valence-electron chi connectivity index (χ3n) is 5.31. The van der Waals surface area contributed by atoms with Crippen LogP contribution in [-0.4, -0.2) is 29.4 Å². The molecule has 0 spiro atoms. The highest BCUT2D eigenvalue weighted by molar-refractivity contribution is 6.01. The van der Waals surface area contributed by atoms with Crippen LogP contribution in [0.2, 0.25) is 0 Å². The molecule has 32 heavy (non-hydrogen) atoms. The number of hydrogen-bond donors (Lipinski definition) is 3. The molecule has 6 heteroatoms. The normalized spacial score (nSPS) is 12.3. The number of quaternary nitrogens is 1. The summed E-state index contributed by atoms with van der Waals surface area (Å²) >= 11 is 0. The lowest BCUT2D eigenvalue weighted by Crippen LogP contribution is -3.00. The number of carbonyl (C=O) groups excluding carboxylic acids is 2. The number of hydrogen-bond acceptors (Lipinski definition) is 3. The summed E-state index contributed by atoms with van der Waals surface area (Å²) in [5.41, 5.74) is 6.43. The summed E-state index contributed by atoms with van der Waals surface area (Å²) in [5.74, 6) is -0.193. The van der Waals surface area contributed by atoms with Gasteiger partial charge in [-0.2, -0.15) is 0 Å². The fraction of sp³-hybridized carbons (Fsp3) is 0.385. The number of rotatable bonds is 9. The van der Waals surface area contributed by atoms with Gasteiger partial charge in [0.25, 0.3) is 0 Å². The zero-order valence-corrected chi connectivity index (χ0v) is 20.6. The average molecular weight is 459 g/mol. The van der Waals surface area contributed by atoms with Crippen molar-refractivity contribution in [3.8, 4) is 0 Å². The summed E-state index contributed by atoms with van der Waals surface area (Å²) in [6.07, 6.45) is 1.28. The number of nitrogens with two attached hydrogens (primary N) is 1. The molecule has 0 bridgehead atoms. The quantitative estimate of drug-likeness (QED) is 0.383. The van der Waals surface area contributed by atoms with Gasteiger partial charge in [-0.1, -0.05) is 35.4 Å². The van der Waals surface area contributed by atoms with Gasteiger partial charge in [-0.25, -0.2) is 0 Å². The van der Waals surface area contributed by atoms with Gasteiger partial charge in [0.05, 0.1) is 13.0 Å². The van der Waals surface area contributed by atoms with Crippen LogP contribution in [0.1, 0.15) is 65.9 Å². The number of carbonyl (C=O) groups is 2. The molecule has 2 rings (SSSR count). The summed E-state index contributed by atoms with van der Waals surface area (Å²) in [6.45, 7) is 12.4. The second-order valence-electron chi connectivity index (χ2n) is 8.61. The van der Waals surface area contributed by atoms with E-state index >= 15 is 0 Å². The van der Waals surface area contributed by atoms with Gasteiger partial charge in [-0.15, -0.1) is 0 Å². The van der Waals surface area contributed by atoms with E-state index in [1.54, 1.807) is 24.3 Å². The Morgan fingerprint density at radius 3 is 2.31 bits per heavy atom. The molecule has 4 N–H and O–H groups in total. The van der Waals surface area contributed by atoms with E-state index in [0.717, 1.165) is 22.3 Å². The fourth-order valence-electron chi connectivity index (χ4n) is 3.88. The molecule has 2 unspecified atom stereocenters.